The van der Waals surface area contributed by atoms with E-state index < -0.39 is 0 Å². The number of oxazole rings is 1. The number of nitrogens with one attached hydrogen (secondary N) is 1. The van der Waals surface area contributed by atoms with Gasteiger partial charge in [0.25, 0.3) is 6.01 Å². The van der Waals surface area contributed by atoms with Crippen LogP contribution in [0.5, 0.6) is 0 Å². The van der Waals surface area contributed by atoms with Crippen molar-refractivity contribution in [3.8, 4) is 0 Å². The minimum absolute atomic E-state index is 0.591. The molecule has 0 saturated carbocycles. The lowest BCUT2D eigenvalue weighted by atomic mass is 10.0. The van der Waals surface area contributed by atoms with E-state index >= 15 is 0 Å². The highest BCUT2D eigenvalue weighted by atomic mass is 16.5. The Bertz CT molecular complexity index is 334. The molecule has 1 N–H and O–H groups in total. The standard InChI is InChI=1S/C12H21N3O2/c1-13-6-11-9-17-12(14-11)15(2)7-10-4-3-5-16-8-10/h9-10,13H,3-8H2,1-2H3. The molecule has 0 aromatic carbocycles. The van der Waals surface area contributed by atoms with Gasteiger partial charge in [-0.25, -0.2) is 0 Å². The lowest BCUT2D eigenvalue weighted by Gasteiger charge is -2.26. The van der Waals surface area contributed by atoms with E-state index in [0.717, 1.165) is 38.4 Å². The molecule has 5 heteroatoms. The Morgan fingerprint density at radius 3 is 3.18 bits per heavy atom. The number of ether oxygens (including phenoxy) is 1. The average Bonchev–Trinajstić information content (AvgIpc) is 2.79. The van der Waals surface area contributed by atoms with Crippen LogP contribution in [0.15, 0.2) is 10.7 Å². The van der Waals surface area contributed by atoms with Crippen LogP contribution >= 0.6 is 0 Å². The molecule has 0 aliphatic carbocycles. The van der Waals surface area contributed by atoms with Crippen molar-refractivity contribution < 1.29 is 9.15 Å². The zero-order valence-electron chi connectivity index (χ0n) is 10.6. The van der Waals surface area contributed by atoms with E-state index in [2.05, 4.69) is 15.2 Å². The Hall–Kier alpha value is -1.07. The number of rotatable bonds is 5. The van der Waals surface area contributed by atoms with E-state index in [9.17, 15) is 0 Å². The van der Waals surface area contributed by atoms with Crippen LogP contribution in [0.3, 0.4) is 0 Å². The number of aromatic nitrogens is 1. The van der Waals surface area contributed by atoms with Gasteiger partial charge in [-0.15, -0.1) is 0 Å². The number of hydrogen-bond donors (Lipinski definition) is 1. The van der Waals surface area contributed by atoms with Crippen LogP contribution in [-0.2, 0) is 11.3 Å². The zero-order valence-corrected chi connectivity index (χ0v) is 10.6. The Balaban J connectivity index is 1.86. The first-order chi connectivity index (χ1) is 8.29. The molecule has 1 unspecified atom stereocenters. The second kappa shape index (κ2) is 6.02. The molecule has 2 heterocycles. The van der Waals surface area contributed by atoms with Crippen LogP contribution in [0, 0.1) is 5.92 Å². The predicted octanol–water partition coefficient (Wildman–Crippen LogP) is 1.26. The molecule has 1 aliphatic heterocycles. The van der Waals surface area contributed by atoms with E-state index in [1.165, 1.54) is 6.42 Å². The summed E-state index contributed by atoms with van der Waals surface area (Å²) in [6.45, 7) is 3.45. The van der Waals surface area contributed by atoms with Crippen molar-refractivity contribution in [1.82, 2.24) is 10.3 Å². The molecule has 17 heavy (non-hydrogen) atoms. The van der Waals surface area contributed by atoms with E-state index in [0.29, 0.717) is 11.9 Å². The third-order valence-corrected chi connectivity index (χ3v) is 3.01. The first-order valence-corrected chi connectivity index (χ1v) is 6.17. The van der Waals surface area contributed by atoms with E-state index in [-0.39, 0.29) is 0 Å². The first-order valence-electron chi connectivity index (χ1n) is 6.17. The Morgan fingerprint density at radius 2 is 2.47 bits per heavy atom. The largest absolute Gasteiger partial charge is 0.432 e. The van der Waals surface area contributed by atoms with Crippen molar-refractivity contribution in [2.24, 2.45) is 5.92 Å². The van der Waals surface area contributed by atoms with E-state index in [1.54, 1.807) is 6.26 Å². The van der Waals surface area contributed by atoms with Gasteiger partial charge in [0.05, 0.1) is 12.3 Å². The van der Waals surface area contributed by atoms with Crippen molar-refractivity contribution in [2.75, 3.05) is 38.8 Å². The normalized spacial score (nSPS) is 20.5. The van der Waals surface area contributed by atoms with Crippen molar-refractivity contribution in [2.45, 2.75) is 19.4 Å². The molecule has 1 aromatic heterocycles. The molecule has 0 radical (unpaired) electrons. The fourth-order valence-electron chi connectivity index (χ4n) is 2.15. The van der Waals surface area contributed by atoms with Gasteiger partial charge in [-0.1, -0.05) is 0 Å². The molecule has 1 aliphatic rings. The van der Waals surface area contributed by atoms with Crippen LogP contribution in [-0.4, -0.2) is 38.8 Å². The van der Waals surface area contributed by atoms with Crippen molar-refractivity contribution in [3.05, 3.63) is 12.0 Å². The van der Waals surface area contributed by atoms with Crippen LogP contribution in [0.1, 0.15) is 18.5 Å². The van der Waals surface area contributed by atoms with Crippen molar-refractivity contribution >= 4 is 6.01 Å². The SMILES string of the molecule is CNCc1coc(N(C)CC2CCCOC2)n1. The maximum Gasteiger partial charge on any atom is 0.297 e. The second-order valence-electron chi connectivity index (χ2n) is 4.62. The topological polar surface area (TPSA) is 50.5 Å². The summed E-state index contributed by atoms with van der Waals surface area (Å²) in [7, 11) is 3.92. The fraction of sp³-hybridized carbons (Fsp3) is 0.750. The summed E-state index contributed by atoms with van der Waals surface area (Å²) in [5, 5.41) is 3.06. The lowest BCUT2D eigenvalue weighted by molar-refractivity contribution is 0.0573. The van der Waals surface area contributed by atoms with Gasteiger partial charge in [0.15, 0.2) is 0 Å². The summed E-state index contributed by atoms with van der Waals surface area (Å²) in [5.74, 6) is 0.591. The lowest BCUT2D eigenvalue weighted by Crippen LogP contribution is -2.31. The Morgan fingerprint density at radius 1 is 1.59 bits per heavy atom. The van der Waals surface area contributed by atoms with E-state index in [1.807, 2.05) is 14.1 Å². The summed E-state index contributed by atoms with van der Waals surface area (Å²) >= 11 is 0. The third kappa shape index (κ3) is 3.44. The molecule has 2 rings (SSSR count). The van der Waals surface area contributed by atoms with Gasteiger partial charge < -0.3 is 19.4 Å². The van der Waals surface area contributed by atoms with E-state index in [4.69, 9.17) is 9.15 Å². The highest BCUT2D eigenvalue weighted by Crippen LogP contribution is 2.18. The predicted molar refractivity (Wildman–Crippen MR) is 66.1 cm³/mol. The van der Waals surface area contributed by atoms with Crippen LogP contribution in [0.25, 0.3) is 0 Å². The van der Waals surface area contributed by atoms with Crippen molar-refractivity contribution in [1.29, 1.82) is 0 Å². The molecular weight excluding hydrogens is 218 g/mol. The molecule has 1 aromatic rings. The van der Waals surface area contributed by atoms with Gasteiger partial charge in [0.2, 0.25) is 0 Å². The monoisotopic (exact) mass is 239 g/mol. The van der Waals surface area contributed by atoms with Crippen LogP contribution < -0.4 is 10.2 Å². The van der Waals surface area contributed by atoms with Gasteiger partial charge >= 0.3 is 0 Å². The summed E-state index contributed by atoms with van der Waals surface area (Å²) in [5.41, 5.74) is 0.939. The molecule has 1 fully saturated rings. The third-order valence-electron chi connectivity index (χ3n) is 3.01. The quantitative estimate of drug-likeness (QED) is 0.838. The summed E-state index contributed by atoms with van der Waals surface area (Å²) in [6, 6.07) is 0.695. The minimum atomic E-state index is 0.591. The Kier molecular flexibility index (Phi) is 4.39. The second-order valence-corrected chi connectivity index (χ2v) is 4.62. The maximum absolute atomic E-state index is 5.47. The minimum Gasteiger partial charge on any atom is -0.432 e. The number of anilines is 1. The highest BCUT2D eigenvalue weighted by Gasteiger charge is 2.18. The highest BCUT2D eigenvalue weighted by molar-refractivity contribution is 5.25. The van der Waals surface area contributed by atoms with Gasteiger partial charge in [-0.3, -0.25) is 0 Å². The van der Waals surface area contributed by atoms with Gasteiger partial charge in [-0.2, -0.15) is 4.98 Å². The molecule has 0 amide bonds. The van der Waals surface area contributed by atoms with Gasteiger partial charge in [-0.05, 0) is 19.9 Å². The van der Waals surface area contributed by atoms with Crippen LogP contribution in [0.2, 0.25) is 0 Å². The van der Waals surface area contributed by atoms with Gasteiger partial charge in [0, 0.05) is 32.7 Å². The van der Waals surface area contributed by atoms with Gasteiger partial charge in [0.1, 0.15) is 6.26 Å². The molecule has 96 valence electrons. The smallest absolute Gasteiger partial charge is 0.297 e. The van der Waals surface area contributed by atoms with Crippen molar-refractivity contribution in [3.63, 3.8) is 0 Å². The zero-order chi connectivity index (χ0) is 12.1. The molecule has 1 atom stereocenters. The maximum atomic E-state index is 5.47. The molecule has 1 saturated heterocycles. The molecular formula is C12H21N3O2. The Labute approximate surface area is 102 Å². The molecule has 0 bridgehead atoms. The molecule has 0 spiro atoms. The average molecular weight is 239 g/mol. The first kappa shape index (κ1) is 12.4. The number of hydrogen-bond acceptors (Lipinski definition) is 5. The summed E-state index contributed by atoms with van der Waals surface area (Å²) < 4.78 is 10.9. The number of nitrogens with zero attached hydrogens (tertiary/aromatic N) is 2. The fourth-order valence-corrected chi connectivity index (χ4v) is 2.15. The molecule has 5 nitrogen and oxygen atoms in total. The van der Waals surface area contributed by atoms with Crippen LogP contribution in [0.4, 0.5) is 6.01 Å². The summed E-state index contributed by atoms with van der Waals surface area (Å²) in [4.78, 5) is 6.49. The summed E-state index contributed by atoms with van der Waals surface area (Å²) in [6.07, 6.45) is 4.10.